The first-order valence-electron chi connectivity index (χ1n) is 5.00. The number of halogens is 3. The number of hydrogen-bond donors (Lipinski definition) is 2. The van der Waals surface area contributed by atoms with Crippen molar-refractivity contribution in [3.05, 3.63) is 0 Å². The lowest BCUT2D eigenvalue weighted by Crippen LogP contribution is -2.49. The topological polar surface area (TPSA) is 60.8 Å². The van der Waals surface area contributed by atoms with Crippen LogP contribution in [0.2, 0.25) is 0 Å². The molecule has 1 heterocycles. The lowest BCUT2D eigenvalue weighted by molar-refractivity contribution is -0.152. The second-order valence-electron chi connectivity index (χ2n) is 3.88. The van der Waals surface area contributed by atoms with E-state index in [4.69, 9.17) is 5.11 Å². The highest BCUT2D eigenvalue weighted by atomic mass is 19.4. The number of nitrogens with zero attached hydrogens (tertiary/aromatic N) is 1. The van der Waals surface area contributed by atoms with Gasteiger partial charge in [-0.1, -0.05) is 0 Å². The van der Waals surface area contributed by atoms with E-state index < -0.39 is 37.1 Å². The second-order valence-corrected chi connectivity index (χ2v) is 3.88. The Morgan fingerprint density at radius 3 is 2.44 bits per heavy atom. The van der Waals surface area contributed by atoms with Gasteiger partial charge in [-0.05, 0) is 6.42 Å². The number of rotatable bonds is 2. The van der Waals surface area contributed by atoms with E-state index in [1.807, 2.05) is 0 Å². The number of likely N-dealkylation sites (tertiary alicyclic amines) is 1. The Labute approximate surface area is 90.7 Å². The predicted molar refractivity (Wildman–Crippen MR) is 48.5 cm³/mol. The maximum atomic E-state index is 11.9. The quantitative estimate of drug-likeness (QED) is 0.730. The van der Waals surface area contributed by atoms with E-state index in [2.05, 4.69) is 0 Å². The van der Waals surface area contributed by atoms with Crippen LogP contribution in [-0.4, -0.2) is 52.5 Å². The van der Waals surface area contributed by atoms with Crippen LogP contribution in [-0.2, 0) is 4.79 Å². The SMILES string of the molecule is O=C(CCC(F)(F)F)N1CC[C@H](O)[C@H](O)C1. The zero-order chi connectivity index (χ0) is 12.3. The van der Waals surface area contributed by atoms with E-state index in [1.54, 1.807) is 0 Å². The van der Waals surface area contributed by atoms with E-state index in [0.717, 1.165) is 4.90 Å². The molecule has 0 aromatic carbocycles. The van der Waals surface area contributed by atoms with E-state index >= 15 is 0 Å². The minimum atomic E-state index is -4.34. The molecule has 4 nitrogen and oxygen atoms in total. The van der Waals surface area contributed by atoms with Gasteiger partial charge in [0.15, 0.2) is 0 Å². The Balaban J connectivity index is 2.38. The highest BCUT2D eigenvalue weighted by Gasteiger charge is 2.32. The largest absolute Gasteiger partial charge is 0.390 e. The van der Waals surface area contributed by atoms with Crippen molar-refractivity contribution in [1.82, 2.24) is 4.90 Å². The fourth-order valence-corrected chi connectivity index (χ4v) is 1.55. The number of aliphatic hydroxyl groups excluding tert-OH is 2. The molecule has 0 unspecified atom stereocenters. The summed E-state index contributed by atoms with van der Waals surface area (Å²) in [5.74, 6) is -0.636. The molecule has 1 rings (SSSR count). The molecular formula is C9H14F3NO3. The molecule has 1 fully saturated rings. The van der Waals surface area contributed by atoms with Crippen LogP contribution in [0, 0.1) is 0 Å². The Bertz CT molecular complexity index is 257. The highest BCUT2D eigenvalue weighted by molar-refractivity contribution is 5.76. The van der Waals surface area contributed by atoms with Crippen molar-refractivity contribution in [2.24, 2.45) is 0 Å². The maximum absolute atomic E-state index is 11.9. The fourth-order valence-electron chi connectivity index (χ4n) is 1.55. The summed E-state index contributed by atoms with van der Waals surface area (Å²) in [6.07, 6.45) is -7.87. The van der Waals surface area contributed by atoms with Crippen LogP contribution >= 0.6 is 0 Å². The summed E-state index contributed by atoms with van der Waals surface area (Å²) in [6, 6.07) is 0. The molecule has 1 saturated heterocycles. The predicted octanol–water partition coefficient (Wildman–Crippen LogP) is 0.283. The number of alkyl halides is 3. The standard InChI is InChI=1S/C9H14F3NO3/c10-9(11,12)3-1-8(16)13-4-2-6(14)7(15)5-13/h6-7,14-15H,1-5H2/t6-,7+/m0/s1. The van der Waals surface area contributed by atoms with E-state index in [0.29, 0.717) is 0 Å². The molecule has 1 aliphatic heterocycles. The van der Waals surface area contributed by atoms with E-state index in [9.17, 15) is 23.1 Å². The minimum absolute atomic E-state index is 0.0993. The molecule has 16 heavy (non-hydrogen) atoms. The first-order chi connectivity index (χ1) is 7.29. The van der Waals surface area contributed by atoms with Crippen LogP contribution in [0.15, 0.2) is 0 Å². The number of β-amino-alcohol motifs (C(OH)–C–C–N with tert-alkyl or cyclic N) is 1. The van der Waals surface area contributed by atoms with Crippen molar-refractivity contribution in [3.8, 4) is 0 Å². The molecule has 1 aliphatic rings. The third kappa shape index (κ3) is 3.97. The summed E-state index contributed by atoms with van der Waals surface area (Å²) >= 11 is 0. The number of hydrogen-bond acceptors (Lipinski definition) is 3. The maximum Gasteiger partial charge on any atom is 0.389 e. The number of amides is 1. The van der Waals surface area contributed by atoms with Gasteiger partial charge in [-0.25, -0.2) is 0 Å². The smallest absolute Gasteiger partial charge is 0.389 e. The van der Waals surface area contributed by atoms with Crippen LogP contribution < -0.4 is 0 Å². The zero-order valence-electron chi connectivity index (χ0n) is 8.57. The third-order valence-corrected chi connectivity index (χ3v) is 2.52. The van der Waals surface area contributed by atoms with E-state index in [-0.39, 0.29) is 19.5 Å². The fraction of sp³-hybridized carbons (Fsp3) is 0.889. The molecule has 2 atom stereocenters. The summed E-state index contributed by atoms with van der Waals surface area (Å²) in [5.41, 5.74) is 0. The summed E-state index contributed by atoms with van der Waals surface area (Å²) in [5, 5.41) is 18.4. The molecule has 2 N–H and O–H groups in total. The van der Waals surface area contributed by atoms with Gasteiger partial charge in [0.1, 0.15) is 0 Å². The van der Waals surface area contributed by atoms with Crippen molar-refractivity contribution < 1.29 is 28.2 Å². The Hall–Kier alpha value is -0.820. The van der Waals surface area contributed by atoms with Gasteiger partial charge in [0.05, 0.1) is 18.6 Å². The molecule has 7 heteroatoms. The average molecular weight is 241 g/mol. The van der Waals surface area contributed by atoms with Gasteiger partial charge >= 0.3 is 6.18 Å². The van der Waals surface area contributed by atoms with Gasteiger partial charge in [-0.15, -0.1) is 0 Å². The monoisotopic (exact) mass is 241 g/mol. The normalized spacial score (nSPS) is 26.9. The van der Waals surface area contributed by atoms with Gasteiger partial charge in [0.25, 0.3) is 0 Å². The number of carbonyl (C=O) groups excluding carboxylic acids is 1. The molecule has 0 radical (unpaired) electrons. The summed E-state index contributed by atoms with van der Waals surface area (Å²) in [4.78, 5) is 12.5. The number of carbonyl (C=O) groups is 1. The highest BCUT2D eigenvalue weighted by Crippen LogP contribution is 2.22. The van der Waals surface area contributed by atoms with Crippen molar-refractivity contribution in [2.45, 2.75) is 37.6 Å². The minimum Gasteiger partial charge on any atom is -0.390 e. The first kappa shape index (κ1) is 13.2. The molecule has 1 amide bonds. The second kappa shape index (κ2) is 5.01. The number of piperidine rings is 1. The van der Waals surface area contributed by atoms with Crippen LogP contribution in [0.4, 0.5) is 13.2 Å². The van der Waals surface area contributed by atoms with Gasteiger partial charge in [0.2, 0.25) is 5.91 Å². The molecule has 0 spiro atoms. The molecule has 0 aromatic heterocycles. The molecule has 0 bridgehead atoms. The molecule has 0 aromatic rings. The van der Waals surface area contributed by atoms with Crippen LogP contribution in [0.5, 0.6) is 0 Å². The van der Waals surface area contributed by atoms with Crippen LogP contribution in [0.3, 0.4) is 0 Å². The zero-order valence-corrected chi connectivity index (χ0v) is 8.57. The molecule has 94 valence electrons. The summed E-state index contributed by atoms with van der Waals surface area (Å²) in [7, 11) is 0. The summed E-state index contributed by atoms with van der Waals surface area (Å²) in [6.45, 7) is 0.0901. The van der Waals surface area contributed by atoms with Gasteiger partial charge in [-0.2, -0.15) is 13.2 Å². The first-order valence-corrected chi connectivity index (χ1v) is 5.00. The Morgan fingerprint density at radius 1 is 1.31 bits per heavy atom. The number of aliphatic hydroxyl groups is 2. The molecule has 0 aliphatic carbocycles. The van der Waals surface area contributed by atoms with Crippen molar-refractivity contribution >= 4 is 5.91 Å². The van der Waals surface area contributed by atoms with E-state index in [1.165, 1.54) is 0 Å². The molecular weight excluding hydrogens is 227 g/mol. The summed E-state index contributed by atoms with van der Waals surface area (Å²) < 4.78 is 35.6. The third-order valence-electron chi connectivity index (χ3n) is 2.52. The Morgan fingerprint density at radius 2 is 1.94 bits per heavy atom. The van der Waals surface area contributed by atoms with Gasteiger partial charge in [0, 0.05) is 19.5 Å². The van der Waals surface area contributed by atoms with Crippen LogP contribution in [0.25, 0.3) is 0 Å². The van der Waals surface area contributed by atoms with Crippen molar-refractivity contribution in [3.63, 3.8) is 0 Å². The van der Waals surface area contributed by atoms with Gasteiger partial charge in [-0.3, -0.25) is 4.79 Å². The lowest BCUT2D eigenvalue weighted by Gasteiger charge is -2.33. The van der Waals surface area contributed by atoms with Gasteiger partial charge < -0.3 is 15.1 Å². The van der Waals surface area contributed by atoms with Crippen molar-refractivity contribution in [2.75, 3.05) is 13.1 Å². The lowest BCUT2D eigenvalue weighted by atomic mass is 10.0. The van der Waals surface area contributed by atoms with Crippen LogP contribution in [0.1, 0.15) is 19.3 Å². The average Bonchev–Trinajstić information content (AvgIpc) is 2.17. The Kier molecular flexibility index (Phi) is 4.15. The molecule has 0 saturated carbocycles. The van der Waals surface area contributed by atoms with Crippen molar-refractivity contribution in [1.29, 1.82) is 0 Å².